The molecule has 4 aromatic carbocycles. The van der Waals surface area contributed by atoms with Crippen LogP contribution < -0.4 is 14.8 Å². The van der Waals surface area contributed by atoms with E-state index in [0.717, 1.165) is 29.7 Å². The zero-order chi connectivity index (χ0) is 25.9. The van der Waals surface area contributed by atoms with E-state index in [2.05, 4.69) is 5.32 Å². The summed E-state index contributed by atoms with van der Waals surface area (Å²) in [5.41, 5.74) is 3.90. The van der Waals surface area contributed by atoms with Gasteiger partial charge in [0.05, 0.1) is 0 Å². The van der Waals surface area contributed by atoms with Crippen molar-refractivity contribution in [1.29, 1.82) is 0 Å². The van der Waals surface area contributed by atoms with E-state index in [1.807, 2.05) is 91.9 Å². The highest BCUT2D eigenvalue weighted by molar-refractivity contribution is 5.82. The van der Waals surface area contributed by atoms with Crippen molar-refractivity contribution in [1.82, 2.24) is 5.32 Å². The molecule has 190 valence electrons. The molecule has 2 atom stereocenters. The summed E-state index contributed by atoms with van der Waals surface area (Å²) in [5.74, 6) is 1.11. The fourth-order valence-corrected chi connectivity index (χ4v) is 3.91. The second-order valence-electron chi connectivity index (χ2n) is 9.11. The van der Waals surface area contributed by atoms with Crippen molar-refractivity contribution in [2.24, 2.45) is 0 Å². The van der Waals surface area contributed by atoms with Crippen LogP contribution in [0.4, 0.5) is 0 Å². The quantitative estimate of drug-likeness (QED) is 0.252. The smallest absolute Gasteiger partial charge is 0.253 e. The number of ether oxygens (including phenoxy) is 2. The van der Waals surface area contributed by atoms with Gasteiger partial charge in [-0.25, -0.2) is 0 Å². The fourth-order valence-electron chi connectivity index (χ4n) is 3.91. The van der Waals surface area contributed by atoms with Crippen LogP contribution in [0, 0.1) is 0 Å². The number of aliphatic hydroxyl groups is 1. The Kier molecular flexibility index (Phi) is 9.33. The molecule has 0 saturated carbocycles. The van der Waals surface area contributed by atoms with E-state index in [4.69, 9.17) is 9.47 Å². The average molecular weight is 496 g/mol. The standard InChI is InChI=1S/C32H33NO4/c1-24(12-13-25-14-18-29(19-15-25)36-22-26-8-4-2-5-9-26)33-32(35)31(34)28-16-20-30(21-17-28)37-23-27-10-6-3-7-11-27/h2-11,14-21,24,31,34H,12-13,22-23H2,1H3,(H,33,35)/t24-,31?/m1/s1. The molecule has 5 heteroatoms. The lowest BCUT2D eigenvalue weighted by atomic mass is 10.0. The minimum absolute atomic E-state index is 0.0790. The Bertz CT molecular complexity index is 1230. The van der Waals surface area contributed by atoms with E-state index < -0.39 is 12.0 Å². The number of carbonyl (C=O) groups excluding carboxylic acids is 1. The predicted molar refractivity (Wildman–Crippen MR) is 145 cm³/mol. The van der Waals surface area contributed by atoms with E-state index >= 15 is 0 Å². The first kappa shape index (κ1) is 26.0. The van der Waals surface area contributed by atoms with Crippen molar-refractivity contribution < 1.29 is 19.4 Å². The van der Waals surface area contributed by atoms with Crippen LogP contribution >= 0.6 is 0 Å². The van der Waals surface area contributed by atoms with Gasteiger partial charge in [0.2, 0.25) is 0 Å². The first-order valence-corrected chi connectivity index (χ1v) is 12.6. The Morgan fingerprint density at radius 2 is 1.19 bits per heavy atom. The van der Waals surface area contributed by atoms with Crippen LogP contribution in [0.15, 0.2) is 109 Å². The van der Waals surface area contributed by atoms with Crippen molar-refractivity contribution in [3.05, 3.63) is 131 Å². The molecule has 0 fully saturated rings. The number of aryl methyl sites for hydroxylation is 1. The third-order valence-corrected chi connectivity index (χ3v) is 6.12. The number of rotatable bonds is 12. The molecule has 4 rings (SSSR count). The highest BCUT2D eigenvalue weighted by Crippen LogP contribution is 2.20. The Morgan fingerprint density at radius 1 is 0.703 bits per heavy atom. The van der Waals surface area contributed by atoms with Crippen molar-refractivity contribution >= 4 is 5.91 Å². The second-order valence-corrected chi connectivity index (χ2v) is 9.11. The summed E-state index contributed by atoms with van der Waals surface area (Å²) in [6, 6.07) is 34.9. The Balaban J connectivity index is 1.19. The van der Waals surface area contributed by atoms with Crippen molar-refractivity contribution in [3.8, 4) is 11.5 Å². The number of nitrogens with one attached hydrogen (secondary N) is 1. The average Bonchev–Trinajstić information content (AvgIpc) is 2.95. The SMILES string of the molecule is C[C@H](CCc1ccc(OCc2ccccc2)cc1)NC(=O)C(O)c1ccc(OCc2ccccc2)cc1. The van der Waals surface area contributed by atoms with Gasteiger partial charge >= 0.3 is 0 Å². The molecule has 5 nitrogen and oxygen atoms in total. The number of carbonyl (C=O) groups is 1. The van der Waals surface area contributed by atoms with Gasteiger partial charge in [0, 0.05) is 6.04 Å². The van der Waals surface area contributed by atoms with E-state index in [-0.39, 0.29) is 6.04 Å². The van der Waals surface area contributed by atoms with Crippen LogP contribution in [-0.2, 0) is 24.4 Å². The Labute approximate surface area is 218 Å². The maximum Gasteiger partial charge on any atom is 0.253 e. The maximum absolute atomic E-state index is 12.6. The van der Waals surface area contributed by atoms with Gasteiger partial charge in [-0.15, -0.1) is 0 Å². The molecule has 0 aromatic heterocycles. The van der Waals surface area contributed by atoms with Crippen LogP contribution in [0.5, 0.6) is 11.5 Å². The van der Waals surface area contributed by atoms with Crippen molar-refractivity contribution in [2.75, 3.05) is 0 Å². The minimum atomic E-state index is -1.23. The Hall–Kier alpha value is -4.09. The molecule has 0 saturated heterocycles. The lowest BCUT2D eigenvalue weighted by molar-refractivity contribution is -0.130. The van der Waals surface area contributed by atoms with Gasteiger partial charge in [-0.3, -0.25) is 4.79 Å². The lowest BCUT2D eigenvalue weighted by Crippen LogP contribution is -2.36. The second kappa shape index (κ2) is 13.3. The summed E-state index contributed by atoms with van der Waals surface area (Å²) >= 11 is 0. The molecule has 1 unspecified atom stereocenters. The van der Waals surface area contributed by atoms with E-state index in [0.29, 0.717) is 24.5 Å². The summed E-state index contributed by atoms with van der Waals surface area (Å²) in [7, 11) is 0. The van der Waals surface area contributed by atoms with Crippen LogP contribution in [0.1, 0.15) is 41.7 Å². The Morgan fingerprint density at radius 3 is 1.70 bits per heavy atom. The van der Waals surface area contributed by atoms with Gasteiger partial charge in [-0.05, 0) is 66.3 Å². The molecular weight excluding hydrogens is 462 g/mol. The highest BCUT2D eigenvalue weighted by Gasteiger charge is 2.19. The largest absolute Gasteiger partial charge is 0.489 e. The van der Waals surface area contributed by atoms with Crippen molar-refractivity contribution in [3.63, 3.8) is 0 Å². The lowest BCUT2D eigenvalue weighted by Gasteiger charge is -2.17. The molecule has 0 aliphatic heterocycles. The van der Waals surface area contributed by atoms with Crippen LogP contribution in [0.3, 0.4) is 0 Å². The van der Waals surface area contributed by atoms with Crippen LogP contribution in [-0.4, -0.2) is 17.1 Å². The molecule has 0 aliphatic carbocycles. The first-order valence-electron chi connectivity index (χ1n) is 12.6. The molecule has 0 radical (unpaired) electrons. The van der Waals surface area contributed by atoms with Gasteiger partial charge in [0.15, 0.2) is 6.10 Å². The summed E-state index contributed by atoms with van der Waals surface area (Å²) in [6.07, 6.45) is 0.338. The van der Waals surface area contributed by atoms with E-state index in [1.165, 1.54) is 5.56 Å². The topological polar surface area (TPSA) is 67.8 Å². The summed E-state index contributed by atoms with van der Waals surface area (Å²) in [5, 5.41) is 13.4. The van der Waals surface area contributed by atoms with E-state index in [9.17, 15) is 9.90 Å². The minimum Gasteiger partial charge on any atom is -0.489 e. The first-order chi connectivity index (χ1) is 18.1. The van der Waals surface area contributed by atoms with Gasteiger partial charge in [0.25, 0.3) is 5.91 Å². The summed E-state index contributed by atoms with van der Waals surface area (Å²) in [6.45, 7) is 2.95. The molecule has 0 heterocycles. The maximum atomic E-state index is 12.6. The summed E-state index contributed by atoms with van der Waals surface area (Å²) < 4.78 is 11.6. The number of amides is 1. The molecule has 0 aliphatic rings. The zero-order valence-corrected chi connectivity index (χ0v) is 21.0. The number of benzene rings is 4. The van der Waals surface area contributed by atoms with Gasteiger partial charge < -0.3 is 19.9 Å². The zero-order valence-electron chi connectivity index (χ0n) is 21.0. The number of hydrogen-bond acceptors (Lipinski definition) is 4. The third-order valence-electron chi connectivity index (χ3n) is 6.12. The molecule has 0 spiro atoms. The van der Waals surface area contributed by atoms with Gasteiger partial charge in [0.1, 0.15) is 24.7 Å². The van der Waals surface area contributed by atoms with Crippen LogP contribution in [0.25, 0.3) is 0 Å². The molecular formula is C32H33NO4. The number of aliphatic hydroxyl groups excluding tert-OH is 1. The number of hydrogen-bond donors (Lipinski definition) is 2. The fraction of sp³-hybridized carbons (Fsp3) is 0.219. The molecule has 4 aromatic rings. The van der Waals surface area contributed by atoms with E-state index in [1.54, 1.807) is 24.3 Å². The highest BCUT2D eigenvalue weighted by atomic mass is 16.5. The molecule has 0 bridgehead atoms. The molecule has 1 amide bonds. The summed E-state index contributed by atoms with van der Waals surface area (Å²) in [4.78, 5) is 12.6. The monoisotopic (exact) mass is 495 g/mol. The predicted octanol–water partition coefficient (Wildman–Crippen LogP) is 6.02. The normalized spacial score (nSPS) is 12.4. The van der Waals surface area contributed by atoms with Gasteiger partial charge in [-0.2, -0.15) is 0 Å². The van der Waals surface area contributed by atoms with Crippen LogP contribution in [0.2, 0.25) is 0 Å². The molecule has 2 N–H and O–H groups in total. The van der Waals surface area contributed by atoms with Gasteiger partial charge in [-0.1, -0.05) is 84.9 Å². The third kappa shape index (κ3) is 8.23. The molecule has 37 heavy (non-hydrogen) atoms. The van der Waals surface area contributed by atoms with Crippen molar-refractivity contribution in [2.45, 2.75) is 45.1 Å².